The van der Waals surface area contributed by atoms with E-state index in [1.807, 2.05) is 24.3 Å². The third-order valence-electron chi connectivity index (χ3n) is 4.36. The summed E-state index contributed by atoms with van der Waals surface area (Å²) >= 11 is 0. The Balaban J connectivity index is 1.75. The summed E-state index contributed by atoms with van der Waals surface area (Å²) in [5.74, 6) is 0.423. The van der Waals surface area contributed by atoms with Crippen molar-refractivity contribution in [3.63, 3.8) is 0 Å². The molecule has 19 heavy (non-hydrogen) atoms. The van der Waals surface area contributed by atoms with Gasteiger partial charge in [-0.05, 0) is 23.6 Å². The van der Waals surface area contributed by atoms with Gasteiger partial charge in [-0.3, -0.25) is 4.79 Å². The summed E-state index contributed by atoms with van der Waals surface area (Å²) in [6.45, 7) is 3.71. The third-order valence-corrected chi connectivity index (χ3v) is 4.36. The molecule has 1 aliphatic carbocycles. The number of rotatable bonds is 2. The van der Waals surface area contributed by atoms with Crippen LogP contribution in [0.2, 0.25) is 0 Å². The van der Waals surface area contributed by atoms with Crippen LogP contribution in [-0.2, 0) is 11.2 Å². The molecule has 1 heterocycles. The van der Waals surface area contributed by atoms with Crippen LogP contribution in [0, 0.1) is 11.8 Å². The van der Waals surface area contributed by atoms with E-state index < -0.39 is 6.10 Å². The smallest absolute Gasteiger partial charge is 0.225 e. The molecule has 0 bridgehead atoms. The summed E-state index contributed by atoms with van der Waals surface area (Å²) in [6.07, 6.45) is 0.116. The molecule has 1 aromatic rings. The van der Waals surface area contributed by atoms with Crippen LogP contribution in [-0.4, -0.2) is 30.2 Å². The van der Waals surface area contributed by atoms with Crippen LogP contribution in [0.5, 0.6) is 0 Å². The molecular weight excluding hydrogens is 240 g/mol. The van der Waals surface area contributed by atoms with Crippen molar-refractivity contribution in [1.82, 2.24) is 10.6 Å². The van der Waals surface area contributed by atoms with Gasteiger partial charge < -0.3 is 15.7 Å². The molecule has 0 radical (unpaired) electrons. The van der Waals surface area contributed by atoms with Gasteiger partial charge in [0.25, 0.3) is 0 Å². The summed E-state index contributed by atoms with van der Waals surface area (Å²) in [5, 5.41) is 16.4. The number of nitrogens with one attached hydrogen (secondary N) is 2. The Hall–Kier alpha value is -1.39. The lowest BCUT2D eigenvalue weighted by atomic mass is 9.96. The van der Waals surface area contributed by atoms with Gasteiger partial charge in [-0.15, -0.1) is 0 Å². The van der Waals surface area contributed by atoms with Crippen molar-refractivity contribution < 1.29 is 9.90 Å². The molecule has 102 valence electrons. The van der Waals surface area contributed by atoms with Crippen LogP contribution in [0.25, 0.3) is 0 Å². The highest BCUT2D eigenvalue weighted by Gasteiger charge is 2.36. The van der Waals surface area contributed by atoms with Crippen molar-refractivity contribution in [3.05, 3.63) is 35.4 Å². The number of amides is 1. The maximum Gasteiger partial charge on any atom is 0.225 e. The standard InChI is InChI=1S/C15H20N2O2/c1-9-7-16-8-12(9)15(19)17-14-11-5-3-2-4-10(11)6-13(14)18/h2-5,9,12-14,16,18H,6-8H2,1H3,(H,17,19)/t9-,12-,13+,14-/m1/s1. The maximum absolute atomic E-state index is 12.3. The summed E-state index contributed by atoms with van der Waals surface area (Å²) in [7, 11) is 0. The first-order valence-corrected chi connectivity index (χ1v) is 6.94. The fourth-order valence-electron chi connectivity index (χ4n) is 3.17. The topological polar surface area (TPSA) is 61.4 Å². The molecule has 4 atom stereocenters. The van der Waals surface area contributed by atoms with Crippen LogP contribution in [0.15, 0.2) is 24.3 Å². The Morgan fingerprint density at radius 2 is 2.16 bits per heavy atom. The molecule has 1 aliphatic heterocycles. The first-order valence-electron chi connectivity index (χ1n) is 6.94. The molecule has 2 aliphatic rings. The van der Waals surface area contributed by atoms with Gasteiger partial charge in [0.05, 0.1) is 18.1 Å². The first-order chi connectivity index (χ1) is 9.16. The predicted octanol–water partition coefficient (Wildman–Crippen LogP) is 0.616. The molecule has 0 spiro atoms. The van der Waals surface area contributed by atoms with Gasteiger partial charge in [0, 0.05) is 13.0 Å². The molecule has 1 fully saturated rings. The van der Waals surface area contributed by atoms with E-state index in [0.717, 1.165) is 24.2 Å². The molecule has 0 aromatic heterocycles. The monoisotopic (exact) mass is 260 g/mol. The minimum atomic E-state index is -0.508. The highest BCUT2D eigenvalue weighted by molar-refractivity contribution is 5.80. The van der Waals surface area contributed by atoms with Crippen molar-refractivity contribution in [2.45, 2.75) is 25.5 Å². The Morgan fingerprint density at radius 1 is 1.37 bits per heavy atom. The normalized spacial score (nSPS) is 33.2. The second-order valence-corrected chi connectivity index (χ2v) is 5.70. The van der Waals surface area contributed by atoms with E-state index in [9.17, 15) is 9.90 Å². The molecule has 1 amide bonds. The zero-order valence-corrected chi connectivity index (χ0v) is 11.1. The highest BCUT2D eigenvalue weighted by Crippen LogP contribution is 2.31. The number of aliphatic hydroxyl groups excluding tert-OH is 1. The van der Waals surface area contributed by atoms with E-state index in [4.69, 9.17) is 0 Å². The van der Waals surface area contributed by atoms with E-state index in [1.54, 1.807) is 0 Å². The van der Waals surface area contributed by atoms with Crippen LogP contribution >= 0.6 is 0 Å². The summed E-state index contributed by atoms with van der Waals surface area (Å²) < 4.78 is 0. The van der Waals surface area contributed by atoms with Crippen molar-refractivity contribution in [2.75, 3.05) is 13.1 Å². The van der Waals surface area contributed by atoms with Gasteiger partial charge in [-0.2, -0.15) is 0 Å². The Kier molecular flexibility index (Phi) is 3.29. The van der Waals surface area contributed by atoms with Crippen LogP contribution in [0.4, 0.5) is 0 Å². The lowest BCUT2D eigenvalue weighted by molar-refractivity contribution is -0.126. The Bertz CT molecular complexity index is 489. The fraction of sp³-hybridized carbons (Fsp3) is 0.533. The van der Waals surface area contributed by atoms with Crippen molar-refractivity contribution in [2.24, 2.45) is 11.8 Å². The molecule has 4 nitrogen and oxygen atoms in total. The largest absolute Gasteiger partial charge is 0.390 e. The minimum Gasteiger partial charge on any atom is -0.390 e. The molecule has 1 aromatic carbocycles. The zero-order valence-electron chi connectivity index (χ0n) is 11.1. The van der Waals surface area contributed by atoms with E-state index >= 15 is 0 Å². The Labute approximate surface area is 113 Å². The number of fused-ring (bicyclic) bond motifs is 1. The second-order valence-electron chi connectivity index (χ2n) is 5.70. The molecule has 3 rings (SSSR count). The van der Waals surface area contributed by atoms with Crippen molar-refractivity contribution in [3.8, 4) is 0 Å². The number of carbonyl (C=O) groups is 1. The minimum absolute atomic E-state index is 0.0139. The average Bonchev–Trinajstić information content (AvgIpc) is 2.94. The van der Waals surface area contributed by atoms with Gasteiger partial charge >= 0.3 is 0 Å². The first kappa shape index (κ1) is 12.6. The Morgan fingerprint density at radius 3 is 2.89 bits per heavy atom. The van der Waals surface area contributed by atoms with Crippen LogP contribution in [0.1, 0.15) is 24.1 Å². The maximum atomic E-state index is 12.3. The summed E-state index contributed by atoms with van der Waals surface area (Å²) in [4.78, 5) is 12.3. The number of benzene rings is 1. The van der Waals surface area contributed by atoms with Crippen LogP contribution < -0.4 is 10.6 Å². The second kappa shape index (κ2) is 4.94. The van der Waals surface area contributed by atoms with Crippen molar-refractivity contribution >= 4 is 5.91 Å². The summed E-state index contributed by atoms with van der Waals surface area (Å²) in [5.41, 5.74) is 2.19. The predicted molar refractivity (Wildman–Crippen MR) is 72.6 cm³/mol. The van der Waals surface area contributed by atoms with Gasteiger partial charge in [0.2, 0.25) is 5.91 Å². The van der Waals surface area contributed by atoms with E-state index in [0.29, 0.717) is 12.3 Å². The zero-order chi connectivity index (χ0) is 13.4. The molecule has 0 unspecified atom stereocenters. The summed E-state index contributed by atoms with van der Waals surface area (Å²) in [6, 6.07) is 7.68. The lowest BCUT2D eigenvalue weighted by Gasteiger charge is -2.21. The fourth-order valence-corrected chi connectivity index (χ4v) is 3.17. The number of hydrogen-bond donors (Lipinski definition) is 3. The van der Waals surface area contributed by atoms with E-state index in [-0.39, 0.29) is 17.9 Å². The quantitative estimate of drug-likeness (QED) is 0.730. The third kappa shape index (κ3) is 2.26. The van der Waals surface area contributed by atoms with Crippen LogP contribution in [0.3, 0.4) is 0 Å². The van der Waals surface area contributed by atoms with Crippen molar-refractivity contribution in [1.29, 1.82) is 0 Å². The molecule has 3 N–H and O–H groups in total. The average molecular weight is 260 g/mol. The van der Waals surface area contributed by atoms with Gasteiger partial charge in [0.1, 0.15) is 0 Å². The van der Waals surface area contributed by atoms with Gasteiger partial charge in [0.15, 0.2) is 0 Å². The SMILES string of the molecule is C[C@@H]1CNC[C@H]1C(=O)N[C@@H]1c2ccccc2C[C@@H]1O. The molecule has 0 saturated carbocycles. The van der Waals surface area contributed by atoms with Gasteiger partial charge in [-0.25, -0.2) is 0 Å². The molecule has 1 saturated heterocycles. The highest BCUT2D eigenvalue weighted by atomic mass is 16.3. The van der Waals surface area contributed by atoms with Gasteiger partial charge in [-0.1, -0.05) is 31.2 Å². The van der Waals surface area contributed by atoms with E-state index in [1.165, 1.54) is 0 Å². The lowest BCUT2D eigenvalue weighted by Crippen LogP contribution is -2.39. The van der Waals surface area contributed by atoms with E-state index in [2.05, 4.69) is 17.6 Å². The number of aliphatic hydroxyl groups is 1. The number of carbonyl (C=O) groups excluding carboxylic acids is 1. The molecular formula is C15H20N2O2. The molecule has 4 heteroatoms. The number of hydrogen-bond acceptors (Lipinski definition) is 3.